The van der Waals surface area contributed by atoms with E-state index < -0.39 is 12.1 Å². The summed E-state index contributed by atoms with van der Waals surface area (Å²) in [6, 6.07) is 7.40. The zero-order valence-electron chi connectivity index (χ0n) is 13.6. The minimum atomic E-state index is -4.99. The van der Waals surface area contributed by atoms with E-state index in [2.05, 4.69) is 10.3 Å². The molecule has 26 heavy (non-hydrogen) atoms. The Kier molecular flexibility index (Phi) is 5.47. The highest BCUT2D eigenvalue weighted by atomic mass is 35.5. The number of hydrazine groups is 1. The number of piperidine rings is 1. The maximum atomic E-state index is 12.2. The third kappa shape index (κ3) is 4.73. The zero-order valence-corrected chi connectivity index (χ0v) is 14.4. The Morgan fingerprint density at radius 3 is 2.38 bits per heavy atom. The van der Waals surface area contributed by atoms with Gasteiger partial charge < -0.3 is 15.0 Å². The highest BCUT2D eigenvalue weighted by molar-refractivity contribution is 6.30. The summed E-state index contributed by atoms with van der Waals surface area (Å²) >= 11 is 5.92. The van der Waals surface area contributed by atoms with Crippen molar-refractivity contribution in [3.63, 3.8) is 0 Å². The lowest BCUT2D eigenvalue weighted by atomic mass is 10.1. The van der Waals surface area contributed by atoms with E-state index in [-0.39, 0.29) is 19.2 Å². The van der Waals surface area contributed by atoms with Crippen molar-refractivity contribution in [3.8, 4) is 5.75 Å². The third-order valence-electron chi connectivity index (χ3n) is 3.98. The number of benzene rings is 1. The highest BCUT2D eigenvalue weighted by Gasteiger charge is 2.43. The predicted octanol–water partition coefficient (Wildman–Crippen LogP) is 2.96. The molecule has 0 bridgehead atoms. The van der Waals surface area contributed by atoms with Crippen LogP contribution in [0.25, 0.3) is 0 Å². The summed E-state index contributed by atoms with van der Waals surface area (Å²) in [5, 5.41) is 3.61. The van der Waals surface area contributed by atoms with Crippen molar-refractivity contribution in [2.75, 3.05) is 24.6 Å². The van der Waals surface area contributed by atoms with Crippen molar-refractivity contribution in [2.45, 2.75) is 25.1 Å². The van der Waals surface area contributed by atoms with Crippen LogP contribution in [0.2, 0.25) is 0 Å². The molecule has 1 aromatic carbocycles. The predicted molar refractivity (Wildman–Crippen MR) is 88.2 cm³/mol. The van der Waals surface area contributed by atoms with Gasteiger partial charge >= 0.3 is 12.1 Å². The van der Waals surface area contributed by atoms with Crippen LogP contribution in [-0.2, 0) is 9.63 Å². The molecule has 0 aromatic heterocycles. The van der Waals surface area contributed by atoms with E-state index in [0.29, 0.717) is 30.2 Å². The van der Waals surface area contributed by atoms with E-state index >= 15 is 0 Å². The van der Waals surface area contributed by atoms with Crippen LogP contribution in [0.1, 0.15) is 12.8 Å². The molecule has 10 heteroatoms. The van der Waals surface area contributed by atoms with Crippen LogP contribution in [0, 0.1) is 0 Å². The average Bonchev–Trinajstić information content (AvgIpc) is 3.03. The standard InChI is InChI=1S/C16H17ClF3N3O3/c17-11-9-21-23(10-11)12-1-3-13(4-2-12)25-14-5-7-22(8-6-14)26-15(24)16(18,19)20/h1-4,9,14,21H,5-8,10H2. The number of hydroxylamine groups is 2. The normalized spacial score (nSPS) is 19.1. The van der Waals surface area contributed by atoms with E-state index in [1.165, 1.54) is 0 Å². The first-order chi connectivity index (χ1) is 12.3. The molecule has 0 amide bonds. The van der Waals surface area contributed by atoms with Gasteiger partial charge in [0.05, 0.1) is 17.3 Å². The van der Waals surface area contributed by atoms with Gasteiger partial charge in [0.25, 0.3) is 0 Å². The minimum absolute atomic E-state index is 0.150. The van der Waals surface area contributed by atoms with Crippen molar-refractivity contribution in [2.24, 2.45) is 0 Å². The molecule has 142 valence electrons. The highest BCUT2D eigenvalue weighted by Crippen LogP contribution is 2.25. The van der Waals surface area contributed by atoms with Crippen molar-refractivity contribution in [1.82, 2.24) is 10.5 Å². The minimum Gasteiger partial charge on any atom is -0.490 e. The molecule has 1 fully saturated rings. The fourth-order valence-electron chi connectivity index (χ4n) is 2.66. The summed E-state index contributed by atoms with van der Waals surface area (Å²) in [6.45, 7) is 0.954. The molecule has 0 radical (unpaired) electrons. The van der Waals surface area contributed by atoms with Gasteiger partial charge in [-0.05, 0) is 24.3 Å². The number of alkyl halides is 3. The molecule has 0 aliphatic carbocycles. The molecule has 2 aliphatic rings. The van der Waals surface area contributed by atoms with Gasteiger partial charge in [-0.15, -0.1) is 5.06 Å². The van der Waals surface area contributed by atoms with E-state index in [4.69, 9.17) is 16.3 Å². The number of halogens is 4. The summed E-state index contributed by atoms with van der Waals surface area (Å²) < 4.78 is 42.4. The van der Waals surface area contributed by atoms with Gasteiger partial charge in [0.1, 0.15) is 11.9 Å². The van der Waals surface area contributed by atoms with E-state index in [1.54, 1.807) is 6.20 Å². The Bertz CT molecular complexity index is 674. The summed E-state index contributed by atoms with van der Waals surface area (Å²) in [6.07, 6.45) is -2.51. The smallest absolute Gasteiger partial charge is 0.490 e. The third-order valence-corrected chi connectivity index (χ3v) is 4.21. The lowest BCUT2D eigenvalue weighted by Crippen LogP contribution is -2.42. The summed E-state index contributed by atoms with van der Waals surface area (Å²) in [7, 11) is 0. The Morgan fingerprint density at radius 2 is 1.85 bits per heavy atom. The molecular weight excluding hydrogens is 375 g/mol. The maximum absolute atomic E-state index is 12.2. The quantitative estimate of drug-likeness (QED) is 0.851. The van der Waals surface area contributed by atoms with Crippen molar-refractivity contribution in [1.29, 1.82) is 0 Å². The Morgan fingerprint density at radius 1 is 1.19 bits per heavy atom. The van der Waals surface area contributed by atoms with Gasteiger partial charge in [-0.2, -0.15) is 13.2 Å². The largest absolute Gasteiger partial charge is 0.492 e. The average molecular weight is 392 g/mol. The Balaban J connectivity index is 1.45. The van der Waals surface area contributed by atoms with Gasteiger partial charge in [0.15, 0.2) is 0 Å². The first-order valence-corrected chi connectivity index (χ1v) is 8.38. The second-order valence-electron chi connectivity index (χ2n) is 5.92. The van der Waals surface area contributed by atoms with Crippen molar-refractivity contribution in [3.05, 3.63) is 35.5 Å². The molecule has 1 saturated heterocycles. The molecule has 2 heterocycles. The first-order valence-electron chi connectivity index (χ1n) is 8.00. The Labute approximate surface area is 153 Å². The SMILES string of the molecule is O=C(ON1CCC(Oc2ccc(N3CC(Cl)=CN3)cc2)CC1)C(F)(F)F. The van der Waals surface area contributed by atoms with Gasteiger partial charge in [-0.1, -0.05) is 11.6 Å². The molecule has 0 spiro atoms. The van der Waals surface area contributed by atoms with E-state index in [1.807, 2.05) is 29.3 Å². The Hall–Kier alpha value is -2.13. The van der Waals surface area contributed by atoms with Crippen molar-refractivity contribution >= 4 is 23.3 Å². The molecule has 0 unspecified atom stereocenters. The van der Waals surface area contributed by atoms with Gasteiger partial charge in [0.2, 0.25) is 0 Å². The fourth-order valence-corrected chi connectivity index (χ4v) is 2.83. The van der Waals surface area contributed by atoms with Gasteiger partial charge in [0, 0.05) is 32.1 Å². The number of hydrogen-bond donors (Lipinski definition) is 1. The number of ether oxygens (including phenoxy) is 1. The number of rotatable bonds is 4. The molecule has 3 rings (SSSR count). The molecule has 0 saturated carbocycles. The zero-order chi connectivity index (χ0) is 18.7. The number of carbonyl (C=O) groups is 1. The molecule has 1 aromatic rings. The van der Waals surface area contributed by atoms with Crippen LogP contribution in [0.15, 0.2) is 35.5 Å². The van der Waals surface area contributed by atoms with Crippen LogP contribution in [0.5, 0.6) is 5.75 Å². The van der Waals surface area contributed by atoms with Gasteiger partial charge in [-0.3, -0.25) is 5.01 Å². The first kappa shape index (κ1) is 18.7. The monoisotopic (exact) mass is 391 g/mol. The number of nitrogens with one attached hydrogen (secondary N) is 1. The molecule has 1 N–H and O–H groups in total. The molecule has 2 aliphatic heterocycles. The van der Waals surface area contributed by atoms with Crippen LogP contribution in [-0.4, -0.2) is 42.9 Å². The molecule has 6 nitrogen and oxygen atoms in total. The van der Waals surface area contributed by atoms with E-state index in [0.717, 1.165) is 10.8 Å². The molecular formula is C16H17ClF3N3O3. The van der Waals surface area contributed by atoms with E-state index in [9.17, 15) is 18.0 Å². The summed E-state index contributed by atoms with van der Waals surface area (Å²) in [5.41, 5.74) is 3.95. The number of anilines is 1. The fraction of sp³-hybridized carbons (Fsp3) is 0.438. The number of carbonyl (C=O) groups excluding carboxylic acids is 1. The lowest BCUT2D eigenvalue weighted by molar-refractivity contribution is -0.243. The number of nitrogens with zero attached hydrogens (tertiary/aromatic N) is 2. The second-order valence-corrected chi connectivity index (χ2v) is 6.41. The summed E-state index contributed by atoms with van der Waals surface area (Å²) in [5.74, 6) is -1.53. The lowest BCUT2D eigenvalue weighted by Gasteiger charge is -2.30. The van der Waals surface area contributed by atoms with Gasteiger partial charge in [-0.25, -0.2) is 4.79 Å². The van der Waals surface area contributed by atoms with Crippen LogP contribution < -0.4 is 15.2 Å². The molecule has 0 atom stereocenters. The maximum Gasteiger partial charge on any atom is 0.492 e. The second kappa shape index (κ2) is 7.63. The van der Waals surface area contributed by atoms with Crippen LogP contribution in [0.4, 0.5) is 18.9 Å². The van der Waals surface area contributed by atoms with Crippen molar-refractivity contribution < 1.29 is 27.5 Å². The summed E-state index contributed by atoms with van der Waals surface area (Å²) in [4.78, 5) is 15.1. The number of hydrogen-bond acceptors (Lipinski definition) is 6. The van der Waals surface area contributed by atoms with Crippen LogP contribution in [0.3, 0.4) is 0 Å². The topological polar surface area (TPSA) is 54.0 Å². The van der Waals surface area contributed by atoms with Crippen LogP contribution >= 0.6 is 11.6 Å².